The highest BCUT2D eigenvalue weighted by Crippen LogP contribution is 2.34. The number of aromatic nitrogens is 4. The van der Waals surface area contributed by atoms with E-state index >= 15 is 0 Å². The Morgan fingerprint density at radius 3 is 2.69 bits per heavy atom. The van der Waals surface area contributed by atoms with E-state index in [0.717, 1.165) is 33.5 Å². The number of benzene rings is 2. The first-order chi connectivity index (χ1) is 12.7. The van der Waals surface area contributed by atoms with Crippen molar-refractivity contribution in [1.29, 1.82) is 5.26 Å². The Morgan fingerprint density at radius 2 is 1.88 bits per heavy atom. The van der Waals surface area contributed by atoms with Crippen LogP contribution in [-0.4, -0.2) is 25.0 Å². The van der Waals surface area contributed by atoms with Gasteiger partial charge in [0.15, 0.2) is 11.0 Å². The van der Waals surface area contributed by atoms with Crippen molar-refractivity contribution in [3.63, 3.8) is 0 Å². The lowest BCUT2D eigenvalue weighted by atomic mass is 10.1. The fraction of sp³-hybridized carbons (Fsp3) is 0.150. The summed E-state index contributed by atoms with van der Waals surface area (Å²) in [6.07, 6.45) is 1.96. The molecule has 0 saturated heterocycles. The molecule has 0 saturated carbocycles. The normalized spacial score (nSPS) is 12.2. The summed E-state index contributed by atoms with van der Waals surface area (Å²) in [5.41, 5.74) is 4.19. The second-order valence-corrected chi connectivity index (χ2v) is 7.37. The largest absolute Gasteiger partial charge is 0.360 e. The van der Waals surface area contributed by atoms with Gasteiger partial charge in [0.2, 0.25) is 0 Å². The number of fused-ring (bicyclic) bond motifs is 1. The molecule has 0 fully saturated rings. The number of hydrogen-bond acceptors (Lipinski definition) is 4. The molecule has 26 heavy (non-hydrogen) atoms. The van der Waals surface area contributed by atoms with Crippen molar-refractivity contribution in [2.24, 2.45) is 0 Å². The molecule has 0 radical (unpaired) electrons. The first-order valence-electron chi connectivity index (χ1n) is 8.33. The van der Waals surface area contributed by atoms with E-state index in [9.17, 15) is 5.26 Å². The highest BCUT2D eigenvalue weighted by Gasteiger charge is 2.21. The van der Waals surface area contributed by atoms with Gasteiger partial charge in [-0.1, -0.05) is 48.2 Å². The Labute approximate surface area is 155 Å². The van der Waals surface area contributed by atoms with Crippen molar-refractivity contribution in [2.75, 3.05) is 0 Å². The average molecular weight is 359 g/mol. The van der Waals surface area contributed by atoms with Crippen molar-refractivity contribution in [1.82, 2.24) is 19.7 Å². The lowest BCUT2D eigenvalue weighted by Crippen LogP contribution is -2.03. The van der Waals surface area contributed by atoms with E-state index in [1.54, 1.807) is 0 Å². The lowest BCUT2D eigenvalue weighted by molar-refractivity contribution is 0.878. The predicted octanol–water partition coefficient (Wildman–Crippen LogP) is 4.73. The third-order valence-electron chi connectivity index (χ3n) is 4.28. The number of hydrogen-bond donors (Lipinski definition) is 1. The molecule has 4 aromatic rings. The van der Waals surface area contributed by atoms with Crippen LogP contribution in [-0.2, 0) is 0 Å². The molecule has 0 aliphatic rings. The molecule has 0 aliphatic heterocycles. The van der Waals surface area contributed by atoms with Gasteiger partial charge in [-0.2, -0.15) is 5.26 Å². The van der Waals surface area contributed by atoms with Crippen molar-refractivity contribution in [3.05, 3.63) is 60.3 Å². The Balaban J connectivity index is 1.96. The summed E-state index contributed by atoms with van der Waals surface area (Å²) in [7, 11) is 0. The Kier molecular flexibility index (Phi) is 4.23. The van der Waals surface area contributed by atoms with Gasteiger partial charge in [-0.05, 0) is 31.5 Å². The number of nitrogens with one attached hydrogen (secondary N) is 1. The maximum Gasteiger partial charge on any atom is 0.197 e. The van der Waals surface area contributed by atoms with E-state index in [2.05, 4.69) is 46.4 Å². The first-order valence-corrected chi connectivity index (χ1v) is 9.21. The fourth-order valence-electron chi connectivity index (χ4n) is 2.99. The van der Waals surface area contributed by atoms with Gasteiger partial charge in [0.25, 0.3) is 0 Å². The van der Waals surface area contributed by atoms with Crippen LogP contribution in [0.2, 0.25) is 0 Å². The van der Waals surface area contributed by atoms with Gasteiger partial charge in [-0.3, -0.25) is 4.57 Å². The van der Waals surface area contributed by atoms with E-state index in [-0.39, 0.29) is 5.25 Å². The summed E-state index contributed by atoms with van der Waals surface area (Å²) in [5, 5.41) is 19.7. The molecule has 0 aliphatic carbocycles. The van der Waals surface area contributed by atoms with Crippen LogP contribution in [0.4, 0.5) is 0 Å². The summed E-state index contributed by atoms with van der Waals surface area (Å²) in [6, 6.07) is 18.5. The van der Waals surface area contributed by atoms with Gasteiger partial charge in [0.1, 0.15) is 0 Å². The van der Waals surface area contributed by atoms with E-state index in [1.165, 1.54) is 11.8 Å². The Morgan fingerprint density at radius 1 is 1.12 bits per heavy atom. The quantitative estimate of drug-likeness (QED) is 0.535. The number of aryl methyl sites for hydroxylation is 1. The molecule has 0 bridgehead atoms. The van der Waals surface area contributed by atoms with Gasteiger partial charge < -0.3 is 4.98 Å². The van der Waals surface area contributed by atoms with Crippen LogP contribution in [0, 0.1) is 18.3 Å². The summed E-state index contributed by atoms with van der Waals surface area (Å²) in [4.78, 5) is 3.30. The summed E-state index contributed by atoms with van der Waals surface area (Å²) >= 11 is 1.42. The van der Waals surface area contributed by atoms with Gasteiger partial charge in [0, 0.05) is 22.7 Å². The number of nitriles is 1. The Bertz CT molecular complexity index is 1120. The van der Waals surface area contributed by atoms with Gasteiger partial charge in [-0.15, -0.1) is 10.2 Å². The zero-order valence-corrected chi connectivity index (χ0v) is 15.3. The standard InChI is InChI=1S/C20H17N5S/c1-13-7-3-6-10-18(13)25-19(23-24-20(25)26-14(2)11-21)16-12-22-17-9-5-4-8-15(16)17/h3-10,12,14,22H,1-2H3. The molecule has 1 N–H and O–H groups in total. The van der Waals surface area contributed by atoms with Crippen LogP contribution in [0.25, 0.3) is 28.0 Å². The third-order valence-corrected chi connectivity index (χ3v) is 5.22. The predicted molar refractivity (Wildman–Crippen MR) is 104 cm³/mol. The van der Waals surface area contributed by atoms with Gasteiger partial charge in [0.05, 0.1) is 17.0 Å². The molecule has 4 rings (SSSR count). The lowest BCUT2D eigenvalue weighted by Gasteiger charge is -2.13. The maximum absolute atomic E-state index is 9.21. The van der Waals surface area contributed by atoms with Crippen LogP contribution in [0.3, 0.4) is 0 Å². The number of para-hydroxylation sites is 2. The number of rotatable bonds is 4. The topological polar surface area (TPSA) is 70.3 Å². The molecule has 2 aromatic carbocycles. The molecule has 2 aromatic heterocycles. The van der Waals surface area contributed by atoms with E-state index < -0.39 is 0 Å². The number of thioether (sulfide) groups is 1. The minimum atomic E-state index is -0.210. The monoisotopic (exact) mass is 359 g/mol. The number of H-pyrrole nitrogens is 1. The van der Waals surface area contributed by atoms with Crippen LogP contribution >= 0.6 is 11.8 Å². The molecule has 6 heteroatoms. The highest BCUT2D eigenvalue weighted by atomic mass is 32.2. The molecule has 1 atom stereocenters. The summed E-state index contributed by atoms with van der Waals surface area (Å²) < 4.78 is 2.05. The molecule has 128 valence electrons. The molecule has 0 amide bonds. The molecule has 2 heterocycles. The maximum atomic E-state index is 9.21. The van der Waals surface area contributed by atoms with Crippen molar-refractivity contribution >= 4 is 22.7 Å². The van der Waals surface area contributed by atoms with Crippen molar-refractivity contribution < 1.29 is 0 Å². The first kappa shape index (κ1) is 16.4. The van der Waals surface area contributed by atoms with E-state index in [0.29, 0.717) is 5.16 Å². The number of nitrogens with zero attached hydrogens (tertiary/aromatic N) is 4. The van der Waals surface area contributed by atoms with Gasteiger partial charge in [-0.25, -0.2) is 0 Å². The van der Waals surface area contributed by atoms with E-state index in [4.69, 9.17) is 0 Å². The van der Waals surface area contributed by atoms with Crippen LogP contribution in [0.1, 0.15) is 12.5 Å². The third kappa shape index (κ3) is 2.76. The second-order valence-electron chi connectivity index (χ2n) is 6.07. The van der Waals surface area contributed by atoms with Crippen molar-refractivity contribution in [3.8, 4) is 23.1 Å². The zero-order chi connectivity index (χ0) is 18.1. The van der Waals surface area contributed by atoms with Crippen LogP contribution in [0.15, 0.2) is 59.9 Å². The fourth-order valence-corrected chi connectivity index (χ4v) is 3.74. The SMILES string of the molecule is Cc1ccccc1-n1c(SC(C)C#N)nnc1-c1c[nH]c2ccccc12. The molecule has 5 nitrogen and oxygen atoms in total. The molecule has 0 spiro atoms. The van der Waals surface area contributed by atoms with Gasteiger partial charge >= 0.3 is 0 Å². The molecular weight excluding hydrogens is 342 g/mol. The minimum Gasteiger partial charge on any atom is -0.360 e. The summed E-state index contributed by atoms with van der Waals surface area (Å²) in [6.45, 7) is 3.93. The molecular formula is C20H17N5S. The number of aromatic amines is 1. The van der Waals surface area contributed by atoms with Crippen LogP contribution in [0.5, 0.6) is 0 Å². The minimum absolute atomic E-state index is 0.210. The average Bonchev–Trinajstić information content (AvgIpc) is 3.26. The highest BCUT2D eigenvalue weighted by molar-refractivity contribution is 8.00. The van der Waals surface area contributed by atoms with E-state index in [1.807, 2.05) is 48.0 Å². The van der Waals surface area contributed by atoms with Crippen molar-refractivity contribution in [2.45, 2.75) is 24.3 Å². The smallest absolute Gasteiger partial charge is 0.197 e. The summed E-state index contributed by atoms with van der Waals surface area (Å²) in [5.74, 6) is 0.768. The molecule has 1 unspecified atom stereocenters. The zero-order valence-electron chi connectivity index (χ0n) is 14.5. The second kappa shape index (κ2) is 6.70. The van der Waals surface area contributed by atoms with Crippen LogP contribution < -0.4 is 0 Å². The Hall–Kier alpha value is -3.04.